The fourth-order valence-electron chi connectivity index (χ4n) is 1.94. The van der Waals surface area contributed by atoms with Crippen LogP contribution in [0, 0.1) is 34.0 Å². The molecule has 0 fully saturated rings. The lowest BCUT2D eigenvalue weighted by molar-refractivity contribution is -0.156. The molecule has 0 amide bonds. The van der Waals surface area contributed by atoms with E-state index in [1.807, 2.05) is 6.07 Å². The smallest absolute Gasteiger partial charge is 0.463 e. The fourth-order valence-corrected chi connectivity index (χ4v) is 2.41. The van der Waals surface area contributed by atoms with Crippen molar-refractivity contribution in [1.82, 2.24) is 0 Å². The molecule has 0 aromatic heterocycles. The number of ether oxygens (including phenoxy) is 2. The van der Waals surface area contributed by atoms with Gasteiger partial charge in [-0.3, -0.25) is 4.79 Å². The van der Waals surface area contributed by atoms with Crippen LogP contribution in [0.1, 0.15) is 33.1 Å². The zero-order chi connectivity index (χ0) is 18.6. The van der Waals surface area contributed by atoms with Gasteiger partial charge < -0.3 is 23.5 Å². The molecule has 0 aliphatic rings. The summed E-state index contributed by atoms with van der Waals surface area (Å²) in [6.07, 6.45) is 1.04. The van der Waals surface area contributed by atoms with Gasteiger partial charge >= 0.3 is 14.8 Å². The van der Waals surface area contributed by atoms with Crippen LogP contribution in [0.25, 0.3) is 0 Å². The van der Waals surface area contributed by atoms with Crippen LogP contribution in [0.15, 0.2) is 0 Å². The molecule has 24 heavy (non-hydrogen) atoms. The van der Waals surface area contributed by atoms with Crippen molar-refractivity contribution in [3.8, 4) is 12.1 Å². The van der Waals surface area contributed by atoms with Gasteiger partial charge in [0.2, 0.25) is 0 Å². The van der Waals surface area contributed by atoms with Crippen molar-refractivity contribution >= 4 is 14.8 Å². The van der Waals surface area contributed by atoms with E-state index in [0.717, 1.165) is 0 Å². The number of rotatable bonds is 12. The second-order valence-electron chi connectivity index (χ2n) is 6.14. The van der Waals surface area contributed by atoms with Gasteiger partial charge in [-0.2, -0.15) is 10.5 Å². The summed E-state index contributed by atoms with van der Waals surface area (Å²) in [6.45, 7) is 5.07. The number of hydrogen-bond donors (Lipinski definition) is 2. The quantitative estimate of drug-likeness (QED) is 0.299. The van der Waals surface area contributed by atoms with E-state index in [-0.39, 0.29) is 38.8 Å². The van der Waals surface area contributed by atoms with Crippen molar-refractivity contribution < 1.29 is 28.3 Å². The molecule has 0 saturated carbocycles. The van der Waals surface area contributed by atoms with E-state index in [0.29, 0.717) is 12.8 Å². The molecule has 136 valence electrons. The zero-order valence-electron chi connectivity index (χ0n) is 14.4. The van der Waals surface area contributed by atoms with E-state index in [4.69, 9.17) is 34.0 Å². The summed E-state index contributed by atoms with van der Waals surface area (Å²) in [7, 11) is -3.51. The van der Waals surface area contributed by atoms with Crippen molar-refractivity contribution in [2.75, 3.05) is 26.4 Å². The summed E-state index contributed by atoms with van der Waals surface area (Å²) < 4.78 is 15.1. The van der Waals surface area contributed by atoms with Crippen LogP contribution >= 0.6 is 0 Å². The molecular weight excluding hydrogens is 332 g/mol. The predicted octanol–water partition coefficient (Wildman–Crippen LogP) is 0.976. The Hall–Kier alpha value is -1.49. The van der Waals surface area contributed by atoms with Crippen molar-refractivity contribution in [2.24, 2.45) is 11.3 Å². The van der Waals surface area contributed by atoms with Gasteiger partial charge in [-0.25, -0.2) is 0 Å². The van der Waals surface area contributed by atoms with Gasteiger partial charge in [0.25, 0.3) is 0 Å². The highest BCUT2D eigenvalue weighted by Crippen LogP contribution is 2.29. The van der Waals surface area contributed by atoms with Crippen LogP contribution in [0.4, 0.5) is 0 Å². The normalized spacial score (nSPS) is 13.0. The summed E-state index contributed by atoms with van der Waals surface area (Å²) in [5, 5.41) is 17.6. The average Bonchev–Trinajstić information content (AvgIpc) is 2.48. The largest absolute Gasteiger partial charge is 0.492 e. The standard InChI is InChI=1S/C15H26N2O6Si/c1-15(2,11-13(12-17)5-4-6-16)14(18)22-9-7-21-8-10-23-24(3,19)20/h13,19-20H,4-5,7-11H2,1-3H3. The lowest BCUT2D eigenvalue weighted by atomic mass is 9.81. The Morgan fingerprint density at radius 1 is 1.21 bits per heavy atom. The summed E-state index contributed by atoms with van der Waals surface area (Å²) in [6, 6.07) is 4.11. The van der Waals surface area contributed by atoms with Crippen molar-refractivity contribution in [3.63, 3.8) is 0 Å². The maximum absolute atomic E-state index is 12.1. The topological polar surface area (TPSA) is 133 Å². The van der Waals surface area contributed by atoms with Crippen molar-refractivity contribution in [2.45, 2.75) is 39.7 Å². The first-order valence-electron chi connectivity index (χ1n) is 7.72. The Morgan fingerprint density at radius 2 is 1.83 bits per heavy atom. The molecule has 8 nitrogen and oxygen atoms in total. The lowest BCUT2D eigenvalue weighted by Gasteiger charge is -2.24. The molecule has 9 heteroatoms. The SMILES string of the molecule is CC(C)(CC(C#N)CCC#N)C(=O)OCCOCCO[Si](C)(O)O. The van der Waals surface area contributed by atoms with Gasteiger partial charge in [-0.05, 0) is 26.7 Å². The first-order chi connectivity index (χ1) is 11.1. The third-order valence-electron chi connectivity index (χ3n) is 3.16. The zero-order valence-corrected chi connectivity index (χ0v) is 15.4. The van der Waals surface area contributed by atoms with Crippen LogP contribution in [0.3, 0.4) is 0 Å². The number of esters is 1. The number of hydrogen-bond acceptors (Lipinski definition) is 8. The summed E-state index contributed by atoms with van der Waals surface area (Å²) in [5.74, 6) is -0.790. The van der Waals surface area contributed by atoms with Gasteiger partial charge in [0.15, 0.2) is 0 Å². The second kappa shape index (κ2) is 11.1. The molecule has 0 bridgehead atoms. The lowest BCUT2D eigenvalue weighted by Crippen LogP contribution is -2.35. The minimum atomic E-state index is -3.51. The van der Waals surface area contributed by atoms with Crippen LogP contribution < -0.4 is 0 Å². The van der Waals surface area contributed by atoms with E-state index in [1.54, 1.807) is 13.8 Å². The maximum Gasteiger partial charge on any atom is 0.492 e. The molecule has 0 aromatic rings. The van der Waals surface area contributed by atoms with Crippen LogP contribution in [0.2, 0.25) is 6.55 Å². The van der Waals surface area contributed by atoms with E-state index in [2.05, 4.69) is 6.07 Å². The Kier molecular flexibility index (Phi) is 10.4. The molecule has 1 atom stereocenters. The van der Waals surface area contributed by atoms with E-state index >= 15 is 0 Å². The Morgan fingerprint density at radius 3 is 2.38 bits per heavy atom. The third kappa shape index (κ3) is 11.1. The van der Waals surface area contributed by atoms with Crippen LogP contribution in [-0.2, 0) is 18.7 Å². The van der Waals surface area contributed by atoms with Gasteiger partial charge in [0.05, 0.1) is 37.4 Å². The number of carbonyl (C=O) groups excluding carboxylic acids is 1. The summed E-state index contributed by atoms with van der Waals surface area (Å²) in [5.41, 5.74) is -0.819. The minimum Gasteiger partial charge on any atom is -0.463 e. The summed E-state index contributed by atoms with van der Waals surface area (Å²) >= 11 is 0. The molecule has 1 unspecified atom stereocenters. The third-order valence-corrected chi connectivity index (χ3v) is 3.91. The predicted molar refractivity (Wildman–Crippen MR) is 86.1 cm³/mol. The molecule has 0 aliphatic heterocycles. The second-order valence-corrected chi connectivity index (χ2v) is 8.30. The van der Waals surface area contributed by atoms with E-state index < -0.39 is 20.2 Å². The fraction of sp³-hybridized carbons (Fsp3) is 0.800. The Bertz CT molecular complexity index is 464. The molecule has 0 spiro atoms. The first kappa shape index (κ1) is 22.5. The average molecular weight is 358 g/mol. The van der Waals surface area contributed by atoms with Crippen LogP contribution in [-0.4, -0.2) is 50.8 Å². The molecule has 0 aromatic carbocycles. The first-order valence-corrected chi connectivity index (χ1v) is 10.0. The van der Waals surface area contributed by atoms with Gasteiger partial charge in [0.1, 0.15) is 6.61 Å². The van der Waals surface area contributed by atoms with Crippen molar-refractivity contribution in [1.29, 1.82) is 10.5 Å². The van der Waals surface area contributed by atoms with E-state index in [9.17, 15) is 4.79 Å². The highest BCUT2D eigenvalue weighted by molar-refractivity contribution is 6.56. The van der Waals surface area contributed by atoms with Gasteiger partial charge in [-0.1, -0.05) is 0 Å². The number of carbonyl (C=O) groups is 1. The molecule has 0 heterocycles. The molecule has 0 saturated heterocycles. The minimum absolute atomic E-state index is 0.0535. The maximum atomic E-state index is 12.1. The van der Waals surface area contributed by atoms with E-state index in [1.165, 1.54) is 6.55 Å². The number of nitrogens with zero attached hydrogens (tertiary/aromatic N) is 2. The van der Waals surface area contributed by atoms with Gasteiger partial charge in [-0.15, -0.1) is 0 Å². The molecular formula is C15H26N2O6Si. The molecule has 2 N–H and O–H groups in total. The molecule has 0 aliphatic carbocycles. The summed E-state index contributed by atoms with van der Waals surface area (Å²) in [4.78, 5) is 30.1. The van der Waals surface area contributed by atoms with Gasteiger partial charge in [0, 0.05) is 18.9 Å². The highest BCUT2D eigenvalue weighted by atomic mass is 28.4. The van der Waals surface area contributed by atoms with Crippen LogP contribution in [0.5, 0.6) is 0 Å². The Balaban J connectivity index is 4.00. The number of nitriles is 2. The monoisotopic (exact) mass is 358 g/mol. The highest BCUT2D eigenvalue weighted by Gasteiger charge is 2.32. The van der Waals surface area contributed by atoms with Crippen molar-refractivity contribution in [3.05, 3.63) is 0 Å². The molecule has 0 rings (SSSR count). The Labute approximate surface area is 143 Å². The molecule has 0 radical (unpaired) electrons.